The molecule has 3 nitrogen and oxygen atoms in total. The molecule has 18 heavy (non-hydrogen) atoms. The number of aryl methyl sites for hydroxylation is 1. The zero-order valence-electron chi connectivity index (χ0n) is 10.1. The van der Waals surface area contributed by atoms with Crippen LogP contribution in [0.2, 0.25) is 0 Å². The molecule has 3 rings (SSSR count). The minimum atomic E-state index is 0.120. The Balaban J connectivity index is 1.80. The standard InChI is InChI=1S/C14H13NO2S/c1-9-15-13(8-18-9)5-14(16)10-2-3-11-6-17-7-12(11)4-10/h2-4,8H,5-7H2,1H3. The van der Waals surface area contributed by atoms with Gasteiger partial charge in [-0.25, -0.2) is 4.98 Å². The van der Waals surface area contributed by atoms with E-state index in [1.807, 2.05) is 30.5 Å². The molecule has 0 saturated heterocycles. The van der Waals surface area contributed by atoms with Crippen molar-refractivity contribution in [1.29, 1.82) is 0 Å². The van der Waals surface area contributed by atoms with Gasteiger partial charge in [0, 0.05) is 10.9 Å². The first kappa shape index (κ1) is 11.6. The molecule has 0 radical (unpaired) electrons. The van der Waals surface area contributed by atoms with E-state index < -0.39 is 0 Å². The van der Waals surface area contributed by atoms with Gasteiger partial charge in [-0.2, -0.15) is 0 Å². The third-order valence-corrected chi connectivity index (χ3v) is 3.87. The summed E-state index contributed by atoms with van der Waals surface area (Å²) in [4.78, 5) is 16.5. The number of ketones is 1. The lowest BCUT2D eigenvalue weighted by atomic mass is 10.0. The van der Waals surface area contributed by atoms with Crippen molar-refractivity contribution in [3.63, 3.8) is 0 Å². The van der Waals surface area contributed by atoms with Crippen LogP contribution in [0.5, 0.6) is 0 Å². The van der Waals surface area contributed by atoms with E-state index in [9.17, 15) is 4.79 Å². The van der Waals surface area contributed by atoms with Crippen molar-refractivity contribution in [2.75, 3.05) is 0 Å². The molecule has 0 N–H and O–H groups in total. The van der Waals surface area contributed by atoms with Gasteiger partial charge in [-0.15, -0.1) is 11.3 Å². The largest absolute Gasteiger partial charge is 0.372 e. The highest BCUT2D eigenvalue weighted by Gasteiger charge is 2.15. The zero-order valence-corrected chi connectivity index (χ0v) is 10.9. The van der Waals surface area contributed by atoms with Crippen molar-refractivity contribution in [3.05, 3.63) is 51.0 Å². The van der Waals surface area contributed by atoms with Gasteiger partial charge in [0.15, 0.2) is 5.78 Å². The Morgan fingerprint density at radius 1 is 1.39 bits per heavy atom. The molecule has 0 saturated carbocycles. The molecule has 0 amide bonds. The Bertz CT molecular complexity index is 604. The maximum atomic E-state index is 12.1. The summed E-state index contributed by atoms with van der Waals surface area (Å²) < 4.78 is 5.35. The summed E-state index contributed by atoms with van der Waals surface area (Å²) in [6.45, 7) is 3.23. The van der Waals surface area contributed by atoms with E-state index in [-0.39, 0.29) is 5.78 Å². The maximum absolute atomic E-state index is 12.1. The summed E-state index contributed by atoms with van der Waals surface area (Å²) in [5.41, 5.74) is 3.94. The number of hydrogen-bond donors (Lipinski definition) is 0. The second-order valence-electron chi connectivity index (χ2n) is 4.43. The van der Waals surface area contributed by atoms with Crippen LogP contribution in [-0.4, -0.2) is 10.8 Å². The second-order valence-corrected chi connectivity index (χ2v) is 5.50. The summed E-state index contributed by atoms with van der Waals surface area (Å²) in [6.07, 6.45) is 0.379. The maximum Gasteiger partial charge on any atom is 0.168 e. The summed E-state index contributed by atoms with van der Waals surface area (Å²) in [5.74, 6) is 0.120. The van der Waals surface area contributed by atoms with Crippen LogP contribution in [-0.2, 0) is 24.4 Å². The molecule has 4 heteroatoms. The van der Waals surface area contributed by atoms with Gasteiger partial charge in [-0.3, -0.25) is 4.79 Å². The molecule has 2 heterocycles. The summed E-state index contributed by atoms with van der Waals surface area (Å²) in [5, 5.41) is 2.95. The predicted octanol–water partition coefficient (Wildman–Crippen LogP) is 2.91. The highest BCUT2D eigenvalue weighted by molar-refractivity contribution is 7.09. The Kier molecular flexibility index (Phi) is 2.97. The first-order valence-electron chi connectivity index (χ1n) is 5.86. The second kappa shape index (κ2) is 4.63. The Labute approximate surface area is 109 Å². The van der Waals surface area contributed by atoms with Gasteiger partial charge in [0.25, 0.3) is 0 Å². The molecule has 1 aliphatic rings. The number of benzene rings is 1. The number of Topliss-reactive ketones (excluding diaryl/α,β-unsaturated/α-hetero) is 1. The topological polar surface area (TPSA) is 39.2 Å². The van der Waals surface area contributed by atoms with E-state index in [1.54, 1.807) is 11.3 Å². The fourth-order valence-corrected chi connectivity index (χ4v) is 2.71. The number of thiazole rings is 1. The van der Waals surface area contributed by atoms with Crippen LogP contribution in [0.3, 0.4) is 0 Å². The summed E-state index contributed by atoms with van der Waals surface area (Å²) in [6, 6.07) is 5.82. The minimum Gasteiger partial charge on any atom is -0.372 e. The smallest absolute Gasteiger partial charge is 0.168 e. The van der Waals surface area contributed by atoms with Gasteiger partial charge in [0.05, 0.1) is 30.3 Å². The van der Waals surface area contributed by atoms with Crippen molar-refractivity contribution < 1.29 is 9.53 Å². The molecule has 1 aromatic carbocycles. The van der Waals surface area contributed by atoms with Gasteiger partial charge < -0.3 is 4.74 Å². The van der Waals surface area contributed by atoms with Crippen molar-refractivity contribution in [3.8, 4) is 0 Å². The summed E-state index contributed by atoms with van der Waals surface area (Å²) in [7, 11) is 0. The van der Waals surface area contributed by atoms with Crippen molar-refractivity contribution in [1.82, 2.24) is 4.98 Å². The van der Waals surface area contributed by atoms with E-state index in [4.69, 9.17) is 4.74 Å². The third kappa shape index (κ3) is 2.21. The molecule has 1 aliphatic heterocycles. The molecule has 92 valence electrons. The van der Waals surface area contributed by atoms with E-state index >= 15 is 0 Å². The number of aromatic nitrogens is 1. The van der Waals surface area contributed by atoms with Crippen LogP contribution in [0.1, 0.15) is 32.2 Å². The monoisotopic (exact) mass is 259 g/mol. The first-order valence-corrected chi connectivity index (χ1v) is 6.74. The van der Waals surface area contributed by atoms with E-state index in [0.717, 1.165) is 21.8 Å². The molecular formula is C14H13NO2S. The fraction of sp³-hybridized carbons (Fsp3) is 0.286. The quantitative estimate of drug-likeness (QED) is 0.796. The number of hydrogen-bond acceptors (Lipinski definition) is 4. The van der Waals surface area contributed by atoms with E-state index in [0.29, 0.717) is 19.6 Å². The van der Waals surface area contributed by atoms with Gasteiger partial charge in [-0.1, -0.05) is 12.1 Å². The fourth-order valence-electron chi connectivity index (χ4n) is 2.10. The van der Waals surface area contributed by atoms with E-state index in [2.05, 4.69) is 4.98 Å². The van der Waals surface area contributed by atoms with Crippen molar-refractivity contribution in [2.45, 2.75) is 26.6 Å². The lowest BCUT2D eigenvalue weighted by Crippen LogP contribution is -2.04. The average Bonchev–Trinajstić information content (AvgIpc) is 2.96. The average molecular weight is 259 g/mol. The SMILES string of the molecule is Cc1nc(CC(=O)c2ccc3c(c2)COC3)cs1. The third-order valence-electron chi connectivity index (χ3n) is 3.05. The Morgan fingerprint density at radius 2 is 2.22 bits per heavy atom. The molecule has 2 aromatic rings. The Morgan fingerprint density at radius 3 is 3.00 bits per heavy atom. The number of carbonyl (C=O) groups excluding carboxylic acids is 1. The van der Waals surface area contributed by atoms with E-state index in [1.165, 1.54) is 5.56 Å². The molecular weight excluding hydrogens is 246 g/mol. The number of rotatable bonds is 3. The molecule has 0 atom stereocenters. The first-order chi connectivity index (χ1) is 8.72. The number of fused-ring (bicyclic) bond motifs is 1. The van der Waals surface area contributed by atoms with Crippen LogP contribution in [0.4, 0.5) is 0 Å². The molecule has 0 spiro atoms. The van der Waals surface area contributed by atoms with Gasteiger partial charge in [-0.05, 0) is 24.1 Å². The highest BCUT2D eigenvalue weighted by Crippen LogP contribution is 2.21. The number of carbonyl (C=O) groups is 1. The predicted molar refractivity (Wildman–Crippen MR) is 69.8 cm³/mol. The highest BCUT2D eigenvalue weighted by atomic mass is 32.1. The number of ether oxygens (including phenoxy) is 1. The normalized spacial score (nSPS) is 13.6. The van der Waals surface area contributed by atoms with Crippen LogP contribution >= 0.6 is 11.3 Å². The van der Waals surface area contributed by atoms with Crippen LogP contribution < -0.4 is 0 Å². The van der Waals surface area contributed by atoms with Crippen molar-refractivity contribution >= 4 is 17.1 Å². The lowest BCUT2D eigenvalue weighted by molar-refractivity contribution is 0.0992. The van der Waals surface area contributed by atoms with Crippen LogP contribution in [0.25, 0.3) is 0 Å². The molecule has 1 aromatic heterocycles. The van der Waals surface area contributed by atoms with Gasteiger partial charge in [0.1, 0.15) is 0 Å². The lowest BCUT2D eigenvalue weighted by Gasteiger charge is -2.02. The van der Waals surface area contributed by atoms with Gasteiger partial charge in [0.2, 0.25) is 0 Å². The van der Waals surface area contributed by atoms with Crippen LogP contribution in [0.15, 0.2) is 23.6 Å². The molecule has 0 unspecified atom stereocenters. The van der Waals surface area contributed by atoms with Crippen LogP contribution in [0, 0.1) is 6.92 Å². The zero-order chi connectivity index (χ0) is 12.5. The Hall–Kier alpha value is -1.52. The van der Waals surface area contributed by atoms with Crippen molar-refractivity contribution in [2.24, 2.45) is 0 Å². The molecule has 0 fully saturated rings. The molecule has 0 aliphatic carbocycles. The van der Waals surface area contributed by atoms with Gasteiger partial charge >= 0.3 is 0 Å². The number of nitrogens with zero attached hydrogens (tertiary/aromatic N) is 1. The molecule has 0 bridgehead atoms. The minimum absolute atomic E-state index is 0.120. The summed E-state index contributed by atoms with van der Waals surface area (Å²) >= 11 is 1.58.